The van der Waals surface area contributed by atoms with Gasteiger partial charge in [-0.25, -0.2) is 0 Å². The number of aromatic nitrogens is 4. The predicted molar refractivity (Wildman–Crippen MR) is 180 cm³/mol. The van der Waals surface area contributed by atoms with Crippen LogP contribution in [0.25, 0.3) is 22.1 Å². The average molecular weight is 649 g/mol. The van der Waals surface area contributed by atoms with Crippen LogP contribution in [-0.4, -0.2) is 47.7 Å². The molecule has 236 valence electrons. The Hall–Kier alpha value is -4.40. The maximum atomic E-state index is 12.5. The number of aromatic amines is 2. The number of nitrogen functional groups attached to an aromatic ring is 2. The molecular formula is C32H36N6O5S2. The summed E-state index contributed by atoms with van der Waals surface area (Å²) >= 11 is -2.58. The Morgan fingerprint density at radius 1 is 0.622 bits per heavy atom. The lowest BCUT2D eigenvalue weighted by molar-refractivity contribution is 0.341. The Morgan fingerprint density at radius 2 is 1.02 bits per heavy atom. The quantitative estimate of drug-likeness (QED) is 0.119. The van der Waals surface area contributed by atoms with Crippen LogP contribution in [0, 0.1) is 0 Å². The van der Waals surface area contributed by atoms with Crippen molar-refractivity contribution in [3.63, 3.8) is 0 Å². The molecule has 6 aromatic rings. The van der Waals surface area contributed by atoms with Crippen LogP contribution in [0.4, 0.5) is 11.4 Å². The molecule has 0 aliphatic heterocycles. The van der Waals surface area contributed by atoms with E-state index in [2.05, 4.69) is 19.9 Å². The number of para-hydroxylation sites is 6. The summed E-state index contributed by atoms with van der Waals surface area (Å²) in [7, 11) is 0. The molecule has 2 unspecified atom stereocenters. The van der Waals surface area contributed by atoms with Crippen LogP contribution in [-0.2, 0) is 33.9 Å². The second kappa shape index (κ2) is 15.5. The van der Waals surface area contributed by atoms with Crippen LogP contribution in [0.3, 0.4) is 0 Å². The van der Waals surface area contributed by atoms with Crippen molar-refractivity contribution in [3.8, 4) is 11.5 Å². The number of nitrogens with zero attached hydrogens (tertiary/aromatic N) is 2. The third-order valence-electron chi connectivity index (χ3n) is 6.65. The second-order valence-corrected chi connectivity index (χ2v) is 12.4. The lowest BCUT2D eigenvalue weighted by Crippen LogP contribution is -2.09. The summed E-state index contributed by atoms with van der Waals surface area (Å²) < 4.78 is 36.0. The van der Waals surface area contributed by atoms with Gasteiger partial charge in [-0.1, -0.05) is 48.5 Å². The molecule has 6 rings (SSSR count). The van der Waals surface area contributed by atoms with Gasteiger partial charge in [-0.05, 0) is 50.2 Å². The van der Waals surface area contributed by atoms with E-state index in [1.807, 2.05) is 98.8 Å². The van der Waals surface area contributed by atoms with Crippen molar-refractivity contribution in [2.45, 2.75) is 35.7 Å². The van der Waals surface area contributed by atoms with Crippen LogP contribution in [0.2, 0.25) is 0 Å². The van der Waals surface area contributed by atoms with E-state index in [1.165, 1.54) is 0 Å². The van der Waals surface area contributed by atoms with Crippen LogP contribution >= 0.6 is 0 Å². The van der Waals surface area contributed by atoms with Gasteiger partial charge in [0.1, 0.15) is 23.0 Å². The van der Waals surface area contributed by atoms with Gasteiger partial charge in [0.15, 0.2) is 0 Å². The molecule has 2 atom stereocenters. The number of benzene rings is 4. The van der Waals surface area contributed by atoms with Gasteiger partial charge in [-0.3, -0.25) is 9.97 Å². The van der Waals surface area contributed by atoms with Crippen LogP contribution in [0.15, 0.2) is 95.2 Å². The zero-order chi connectivity index (χ0) is 31.1. The SMILES string of the molecule is CCOc1cccc(C[S+]([O-])c2nc3ccccc3[nH]2)c1N.CCOc1cccc(C[S+]([O-])c2nc3ccccc3[nH]2)c1N.O. The maximum absolute atomic E-state index is 12.5. The van der Waals surface area contributed by atoms with Crippen molar-refractivity contribution in [1.29, 1.82) is 0 Å². The highest BCUT2D eigenvalue weighted by Crippen LogP contribution is 2.29. The number of H-pyrrole nitrogens is 2. The number of hydrogen-bond acceptors (Lipinski definition) is 8. The normalized spacial score (nSPS) is 12.2. The Kier molecular flexibility index (Phi) is 11.6. The highest BCUT2D eigenvalue weighted by Gasteiger charge is 2.21. The highest BCUT2D eigenvalue weighted by molar-refractivity contribution is 7.90. The van der Waals surface area contributed by atoms with Gasteiger partial charge in [0.05, 0.1) is 46.7 Å². The van der Waals surface area contributed by atoms with E-state index in [-0.39, 0.29) is 5.48 Å². The molecule has 0 spiro atoms. The number of anilines is 2. The molecule has 0 saturated heterocycles. The summed E-state index contributed by atoms with van der Waals surface area (Å²) in [6.45, 7) is 4.89. The van der Waals surface area contributed by atoms with E-state index in [1.54, 1.807) is 0 Å². The van der Waals surface area contributed by atoms with Gasteiger partial charge in [0.2, 0.25) is 0 Å². The minimum atomic E-state index is -1.29. The fourth-order valence-corrected chi connectivity index (χ4v) is 6.68. The molecule has 0 fully saturated rings. The molecule has 2 heterocycles. The van der Waals surface area contributed by atoms with Crippen molar-refractivity contribution in [1.82, 2.24) is 19.9 Å². The number of rotatable bonds is 10. The first-order chi connectivity index (χ1) is 21.4. The summed E-state index contributed by atoms with van der Waals surface area (Å²) in [6.07, 6.45) is 0. The number of imidazole rings is 2. The van der Waals surface area contributed by atoms with Gasteiger partial charge >= 0.3 is 10.3 Å². The van der Waals surface area contributed by atoms with E-state index < -0.39 is 22.4 Å². The van der Waals surface area contributed by atoms with E-state index in [0.717, 1.165) is 33.2 Å². The molecule has 0 saturated carbocycles. The van der Waals surface area contributed by atoms with Gasteiger partial charge < -0.3 is 35.5 Å². The van der Waals surface area contributed by atoms with E-state index in [4.69, 9.17) is 20.9 Å². The van der Waals surface area contributed by atoms with Gasteiger partial charge in [0, 0.05) is 33.5 Å². The fourth-order valence-electron chi connectivity index (χ4n) is 4.49. The van der Waals surface area contributed by atoms with Crippen molar-refractivity contribution in [2.24, 2.45) is 0 Å². The number of nitrogens with one attached hydrogen (secondary N) is 2. The standard InChI is InChI=1S/2C16H17N3O2S.H2O/c2*1-2-21-14-9-5-6-11(15(14)17)10-22(20)16-18-12-7-3-4-8-13(12)19-16;/h2*3-9H,2,10,17H2,1H3,(H,18,19);1H2. The van der Waals surface area contributed by atoms with E-state index in [9.17, 15) is 9.11 Å². The molecule has 0 bridgehead atoms. The Morgan fingerprint density at radius 3 is 1.40 bits per heavy atom. The number of nitrogens with two attached hydrogens (primary N) is 2. The minimum absolute atomic E-state index is 0. The van der Waals surface area contributed by atoms with Gasteiger partial charge in [-0.2, -0.15) is 9.97 Å². The smallest absolute Gasteiger partial charge is 0.321 e. The van der Waals surface area contributed by atoms with Crippen molar-refractivity contribution < 1.29 is 24.1 Å². The maximum Gasteiger partial charge on any atom is 0.321 e. The predicted octanol–water partition coefficient (Wildman–Crippen LogP) is 4.88. The summed E-state index contributed by atoms with van der Waals surface area (Å²) in [6, 6.07) is 26.3. The van der Waals surface area contributed by atoms with Gasteiger partial charge in [0.25, 0.3) is 0 Å². The zero-order valence-electron chi connectivity index (χ0n) is 24.9. The largest absolute Gasteiger partial charge is 0.609 e. The molecule has 2 aromatic heterocycles. The van der Waals surface area contributed by atoms with Crippen LogP contribution in [0.5, 0.6) is 11.5 Å². The second-order valence-electron chi connectivity index (χ2n) is 9.62. The number of fused-ring (bicyclic) bond motifs is 2. The highest BCUT2D eigenvalue weighted by atomic mass is 32.2. The van der Waals surface area contributed by atoms with Crippen molar-refractivity contribution in [3.05, 3.63) is 96.1 Å². The van der Waals surface area contributed by atoms with Crippen molar-refractivity contribution >= 4 is 55.8 Å². The molecule has 8 N–H and O–H groups in total. The first-order valence-corrected chi connectivity index (χ1v) is 16.7. The lowest BCUT2D eigenvalue weighted by atomic mass is 10.2. The molecule has 45 heavy (non-hydrogen) atoms. The summed E-state index contributed by atoms with van der Waals surface area (Å²) in [5.41, 5.74) is 18.2. The summed E-state index contributed by atoms with van der Waals surface area (Å²) in [4.78, 5) is 14.9. The molecule has 13 heteroatoms. The molecule has 0 amide bonds. The zero-order valence-corrected chi connectivity index (χ0v) is 26.5. The topological polar surface area (TPSA) is 205 Å². The number of ether oxygens (including phenoxy) is 2. The Balaban J connectivity index is 0.000000200. The fraction of sp³-hybridized carbons (Fsp3) is 0.188. The Labute approximate surface area is 267 Å². The molecule has 0 aliphatic carbocycles. The number of hydrogen-bond donors (Lipinski definition) is 4. The monoisotopic (exact) mass is 648 g/mol. The molecule has 11 nitrogen and oxygen atoms in total. The summed E-state index contributed by atoms with van der Waals surface area (Å²) in [5.74, 6) is 1.85. The Bertz CT molecular complexity index is 1650. The minimum Gasteiger partial charge on any atom is -0.609 e. The van der Waals surface area contributed by atoms with Crippen LogP contribution < -0.4 is 20.9 Å². The lowest BCUT2D eigenvalue weighted by Gasteiger charge is -2.12. The molecule has 4 aromatic carbocycles. The molecule has 0 aliphatic rings. The van der Waals surface area contributed by atoms with Crippen molar-refractivity contribution in [2.75, 3.05) is 24.7 Å². The summed E-state index contributed by atoms with van der Waals surface area (Å²) in [5, 5.41) is 0.921. The third kappa shape index (κ3) is 8.01. The van der Waals surface area contributed by atoms with Crippen LogP contribution in [0.1, 0.15) is 25.0 Å². The van der Waals surface area contributed by atoms with Gasteiger partial charge in [-0.15, -0.1) is 0 Å². The first-order valence-electron chi connectivity index (χ1n) is 14.0. The first kappa shape index (κ1) is 33.5. The molecule has 0 radical (unpaired) electrons. The average Bonchev–Trinajstić information content (AvgIpc) is 3.67. The third-order valence-corrected chi connectivity index (χ3v) is 9.05. The molecular weight excluding hydrogens is 613 g/mol. The van der Waals surface area contributed by atoms with E-state index >= 15 is 0 Å². The van der Waals surface area contributed by atoms with E-state index in [0.29, 0.717) is 57.9 Å².